The average Bonchev–Trinajstić information content (AvgIpc) is 3.47. The van der Waals surface area contributed by atoms with Crippen LogP contribution in [-0.4, -0.2) is 67.3 Å². The number of hydrogen-bond acceptors (Lipinski definition) is 6. The summed E-state index contributed by atoms with van der Waals surface area (Å²) in [5.41, 5.74) is 1.69. The second-order valence-corrected chi connectivity index (χ2v) is 14.1. The van der Waals surface area contributed by atoms with Crippen LogP contribution in [0.25, 0.3) is 0 Å². The average molecular weight is 673 g/mol. The van der Waals surface area contributed by atoms with Crippen LogP contribution in [0.5, 0.6) is 0 Å². The van der Waals surface area contributed by atoms with Crippen molar-refractivity contribution in [3.8, 4) is 0 Å². The summed E-state index contributed by atoms with van der Waals surface area (Å²) in [4.78, 5) is 30.4. The second-order valence-electron chi connectivity index (χ2n) is 12.8. The van der Waals surface area contributed by atoms with Crippen molar-refractivity contribution in [3.63, 3.8) is 0 Å². The monoisotopic (exact) mass is 671 g/mol. The predicted octanol–water partition coefficient (Wildman–Crippen LogP) is 7.20. The Hall–Kier alpha value is -2.95. The molecule has 230 valence electrons. The summed E-state index contributed by atoms with van der Waals surface area (Å²) in [7, 11) is 0. The Morgan fingerprint density at radius 2 is 1.84 bits per heavy atom. The first-order valence-corrected chi connectivity index (χ1v) is 15.8. The lowest BCUT2D eigenvalue weighted by Crippen LogP contribution is -2.47. The number of halogens is 2. The number of amides is 2. The quantitative estimate of drug-likeness (QED) is 0.285. The van der Waals surface area contributed by atoms with Crippen molar-refractivity contribution in [1.82, 2.24) is 24.8 Å². The van der Waals surface area contributed by atoms with Gasteiger partial charge in [-0.1, -0.05) is 57.0 Å². The molecule has 2 aromatic carbocycles. The molecule has 0 N–H and O–H groups in total. The number of ether oxygens (including phenoxy) is 2. The van der Waals surface area contributed by atoms with E-state index in [9.17, 15) is 9.59 Å². The van der Waals surface area contributed by atoms with E-state index in [0.29, 0.717) is 36.8 Å². The molecule has 0 spiro atoms. The van der Waals surface area contributed by atoms with E-state index >= 15 is 0 Å². The van der Waals surface area contributed by atoms with Crippen LogP contribution in [0.1, 0.15) is 93.5 Å². The van der Waals surface area contributed by atoms with Gasteiger partial charge in [0.25, 0.3) is 5.91 Å². The van der Waals surface area contributed by atoms with Gasteiger partial charge in [0, 0.05) is 28.1 Å². The molecular formula is C32H39BrClN5O4. The largest absolute Gasteiger partial charge is 0.444 e. The van der Waals surface area contributed by atoms with Crippen molar-refractivity contribution in [3.05, 3.63) is 80.5 Å². The third-order valence-corrected chi connectivity index (χ3v) is 8.81. The van der Waals surface area contributed by atoms with Gasteiger partial charge in [-0.05, 0) is 89.6 Å². The molecule has 0 bridgehead atoms. The van der Waals surface area contributed by atoms with Gasteiger partial charge in [-0.3, -0.25) is 9.69 Å². The topological polar surface area (TPSA) is 89.8 Å². The molecule has 0 radical (unpaired) electrons. The summed E-state index contributed by atoms with van der Waals surface area (Å²) >= 11 is 9.99. The summed E-state index contributed by atoms with van der Waals surface area (Å²) in [6, 6.07) is 13.2. The first-order chi connectivity index (χ1) is 20.2. The van der Waals surface area contributed by atoms with Gasteiger partial charge in [0.15, 0.2) is 0 Å². The number of rotatable bonds is 5. The maximum Gasteiger partial charge on any atom is 0.413 e. The molecular weight excluding hydrogens is 634 g/mol. The van der Waals surface area contributed by atoms with E-state index in [1.54, 1.807) is 9.58 Å². The maximum absolute atomic E-state index is 13.7. The standard InChI is InChI=1S/C32H39BrClN5O4/c1-20-28(39(32(5,6)42-20)30(41)43-31(2,3)4)27-19-38(36-35-27)18-22-9-7-8-10-25(22)29(40)37-15-13-21(14-16-37)24-12-11-23(33)17-26(24)34/h7-12,17,19-21,28H,13-16,18H2,1-6H3/t20-,28+/m1/s1. The van der Waals surface area contributed by atoms with Gasteiger partial charge in [0.1, 0.15) is 23.1 Å². The lowest BCUT2D eigenvalue weighted by Gasteiger charge is -2.34. The number of piperidine rings is 1. The molecule has 2 fully saturated rings. The minimum absolute atomic E-state index is 0.00644. The van der Waals surface area contributed by atoms with Crippen LogP contribution in [0, 0.1) is 0 Å². The molecule has 2 saturated heterocycles. The van der Waals surface area contributed by atoms with E-state index in [1.165, 1.54) is 0 Å². The Morgan fingerprint density at radius 3 is 2.51 bits per heavy atom. The van der Waals surface area contributed by atoms with Crippen molar-refractivity contribution in [1.29, 1.82) is 0 Å². The second kappa shape index (κ2) is 12.2. The summed E-state index contributed by atoms with van der Waals surface area (Å²) < 4.78 is 14.5. The molecule has 0 saturated carbocycles. The molecule has 5 rings (SSSR count). The molecule has 1 aromatic heterocycles. The molecule has 3 aromatic rings. The van der Waals surface area contributed by atoms with Crippen molar-refractivity contribution in [2.24, 2.45) is 0 Å². The Balaban J connectivity index is 1.30. The predicted molar refractivity (Wildman–Crippen MR) is 168 cm³/mol. The third kappa shape index (κ3) is 6.91. The lowest BCUT2D eigenvalue weighted by molar-refractivity contribution is -0.0757. The Bertz CT molecular complexity index is 1490. The van der Waals surface area contributed by atoms with Gasteiger partial charge in [0.05, 0.1) is 18.8 Å². The van der Waals surface area contributed by atoms with Gasteiger partial charge in [0.2, 0.25) is 0 Å². The van der Waals surface area contributed by atoms with E-state index in [1.807, 2.05) is 89.0 Å². The number of carbonyl (C=O) groups excluding carboxylic acids is 2. The fourth-order valence-corrected chi connectivity index (χ4v) is 6.93. The SMILES string of the molecule is C[C@H]1OC(C)(C)N(C(=O)OC(C)(C)C)[C@@H]1c1cn(Cc2ccccc2C(=O)N2CCC(c3ccc(Br)cc3Cl)CC2)nn1. The Morgan fingerprint density at radius 1 is 1.14 bits per heavy atom. The molecule has 11 heteroatoms. The minimum atomic E-state index is -0.884. The summed E-state index contributed by atoms with van der Waals surface area (Å²) in [6.45, 7) is 12.8. The number of likely N-dealkylation sites (tertiary alicyclic amines) is 1. The Labute approximate surface area is 266 Å². The number of nitrogens with zero attached hydrogens (tertiary/aromatic N) is 5. The molecule has 2 amide bonds. The summed E-state index contributed by atoms with van der Waals surface area (Å²) in [5, 5.41) is 9.55. The lowest BCUT2D eigenvalue weighted by atomic mass is 9.89. The van der Waals surface area contributed by atoms with Gasteiger partial charge >= 0.3 is 6.09 Å². The highest BCUT2D eigenvalue weighted by Crippen LogP contribution is 2.41. The van der Waals surface area contributed by atoms with E-state index in [0.717, 1.165) is 33.5 Å². The highest BCUT2D eigenvalue weighted by molar-refractivity contribution is 9.10. The van der Waals surface area contributed by atoms with Crippen LogP contribution < -0.4 is 0 Å². The zero-order valence-corrected chi connectivity index (χ0v) is 27.9. The van der Waals surface area contributed by atoms with Crippen molar-refractivity contribution < 1.29 is 19.1 Å². The van der Waals surface area contributed by atoms with Crippen LogP contribution in [0.15, 0.2) is 53.1 Å². The number of carbonyl (C=O) groups is 2. The zero-order valence-electron chi connectivity index (χ0n) is 25.5. The third-order valence-electron chi connectivity index (χ3n) is 7.99. The van der Waals surface area contributed by atoms with Crippen molar-refractivity contribution >= 4 is 39.5 Å². The fraction of sp³-hybridized carbons (Fsp3) is 0.500. The van der Waals surface area contributed by atoms with Gasteiger partial charge in [-0.15, -0.1) is 5.10 Å². The van der Waals surface area contributed by atoms with Gasteiger partial charge < -0.3 is 14.4 Å². The highest BCUT2D eigenvalue weighted by atomic mass is 79.9. The smallest absolute Gasteiger partial charge is 0.413 e. The molecule has 43 heavy (non-hydrogen) atoms. The summed E-state index contributed by atoms with van der Waals surface area (Å²) in [6.07, 6.45) is 2.74. The summed E-state index contributed by atoms with van der Waals surface area (Å²) in [5.74, 6) is 0.326. The Kier molecular flexibility index (Phi) is 8.94. The number of hydrogen-bond donors (Lipinski definition) is 0. The van der Waals surface area contributed by atoms with E-state index in [4.69, 9.17) is 21.1 Å². The molecule has 2 aliphatic heterocycles. The van der Waals surface area contributed by atoms with Crippen molar-refractivity contribution in [2.75, 3.05) is 13.1 Å². The first-order valence-electron chi connectivity index (χ1n) is 14.7. The van der Waals surface area contributed by atoms with E-state index < -0.39 is 23.5 Å². The number of benzene rings is 2. The molecule has 2 atom stereocenters. The van der Waals surface area contributed by atoms with Gasteiger partial charge in [-0.25, -0.2) is 9.48 Å². The highest BCUT2D eigenvalue weighted by Gasteiger charge is 2.51. The zero-order chi connectivity index (χ0) is 31.1. The van der Waals surface area contributed by atoms with Crippen molar-refractivity contribution in [2.45, 2.75) is 90.3 Å². The van der Waals surface area contributed by atoms with Crippen LogP contribution in [0.3, 0.4) is 0 Å². The van der Waals surface area contributed by atoms with Crippen LogP contribution in [0.4, 0.5) is 4.79 Å². The minimum Gasteiger partial charge on any atom is -0.444 e. The van der Waals surface area contributed by atoms with E-state index in [-0.39, 0.29) is 12.0 Å². The van der Waals surface area contributed by atoms with Crippen LogP contribution >= 0.6 is 27.5 Å². The van der Waals surface area contributed by atoms with Crippen LogP contribution in [-0.2, 0) is 16.0 Å². The van der Waals surface area contributed by atoms with Gasteiger partial charge in [-0.2, -0.15) is 0 Å². The molecule has 2 aliphatic rings. The molecule has 0 aliphatic carbocycles. The fourth-order valence-electron chi connectivity index (χ4n) is 6.10. The normalized spacial score (nSPS) is 20.8. The first kappa shape index (κ1) is 31.5. The van der Waals surface area contributed by atoms with E-state index in [2.05, 4.69) is 32.3 Å². The number of aromatic nitrogens is 3. The molecule has 0 unspecified atom stereocenters. The maximum atomic E-state index is 13.7. The van der Waals surface area contributed by atoms with Crippen LogP contribution in [0.2, 0.25) is 5.02 Å². The molecule has 3 heterocycles. The molecule has 9 nitrogen and oxygen atoms in total.